The van der Waals surface area contributed by atoms with E-state index < -0.39 is 11.6 Å². The molecule has 102 valence electrons. The van der Waals surface area contributed by atoms with Gasteiger partial charge in [0.15, 0.2) is 5.82 Å². The molecule has 2 aromatic rings. The van der Waals surface area contributed by atoms with Gasteiger partial charge in [0.25, 0.3) is 0 Å². The highest BCUT2D eigenvalue weighted by atomic mass is 19.1. The Bertz CT molecular complexity index is 564. The van der Waals surface area contributed by atoms with E-state index in [-0.39, 0.29) is 5.69 Å². The van der Waals surface area contributed by atoms with Gasteiger partial charge in [0.1, 0.15) is 11.5 Å². The van der Waals surface area contributed by atoms with E-state index in [1.807, 2.05) is 7.05 Å². The van der Waals surface area contributed by atoms with Crippen molar-refractivity contribution < 1.29 is 8.78 Å². The van der Waals surface area contributed by atoms with Gasteiger partial charge in [-0.1, -0.05) is 13.3 Å². The standard InChI is InChI=1S/C14H17F2N3/c1-3-4-13-10(8-17-2)9-18-19(13)14-6-5-11(15)7-12(14)16/h5-7,9,17H,3-4,8H2,1-2H3. The molecule has 0 aliphatic carbocycles. The molecule has 1 N–H and O–H groups in total. The zero-order valence-electron chi connectivity index (χ0n) is 11.1. The molecule has 0 amide bonds. The third-order valence-electron chi connectivity index (χ3n) is 2.95. The van der Waals surface area contributed by atoms with Gasteiger partial charge >= 0.3 is 0 Å². The van der Waals surface area contributed by atoms with Gasteiger partial charge in [-0.05, 0) is 25.6 Å². The fraction of sp³-hybridized carbons (Fsp3) is 0.357. The van der Waals surface area contributed by atoms with Crippen LogP contribution in [0.4, 0.5) is 8.78 Å². The molecule has 0 unspecified atom stereocenters. The summed E-state index contributed by atoms with van der Waals surface area (Å²) in [4.78, 5) is 0. The Morgan fingerprint density at radius 1 is 1.32 bits per heavy atom. The molecule has 0 bridgehead atoms. The van der Waals surface area contributed by atoms with Crippen molar-refractivity contribution in [2.75, 3.05) is 7.05 Å². The van der Waals surface area contributed by atoms with Crippen molar-refractivity contribution >= 4 is 0 Å². The molecule has 1 heterocycles. The monoisotopic (exact) mass is 265 g/mol. The van der Waals surface area contributed by atoms with Gasteiger partial charge in [0.2, 0.25) is 0 Å². The Hall–Kier alpha value is -1.75. The third kappa shape index (κ3) is 2.81. The molecular formula is C14H17F2N3. The molecule has 0 radical (unpaired) electrons. The zero-order chi connectivity index (χ0) is 13.8. The maximum Gasteiger partial charge on any atom is 0.151 e. The predicted octanol–water partition coefficient (Wildman–Crippen LogP) is 2.82. The first-order valence-corrected chi connectivity index (χ1v) is 6.33. The minimum absolute atomic E-state index is 0.284. The van der Waals surface area contributed by atoms with Crippen LogP contribution in [0.3, 0.4) is 0 Å². The van der Waals surface area contributed by atoms with Crippen LogP contribution in [0, 0.1) is 11.6 Å². The minimum atomic E-state index is -0.600. The Morgan fingerprint density at radius 3 is 2.74 bits per heavy atom. The van der Waals surface area contributed by atoms with Crippen molar-refractivity contribution in [3.05, 3.63) is 47.3 Å². The number of hydrogen-bond donors (Lipinski definition) is 1. The number of nitrogens with zero attached hydrogens (tertiary/aromatic N) is 2. The summed E-state index contributed by atoms with van der Waals surface area (Å²) in [6.45, 7) is 2.74. The Labute approximate surface area is 111 Å². The number of hydrogen-bond acceptors (Lipinski definition) is 2. The molecule has 0 spiro atoms. The molecule has 5 heteroatoms. The Morgan fingerprint density at radius 2 is 2.11 bits per heavy atom. The van der Waals surface area contributed by atoms with E-state index in [2.05, 4.69) is 17.3 Å². The first-order chi connectivity index (χ1) is 9.17. The van der Waals surface area contributed by atoms with Crippen molar-refractivity contribution in [1.29, 1.82) is 0 Å². The summed E-state index contributed by atoms with van der Waals surface area (Å²) in [6, 6.07) is 3.54. The molecule has 3 nitrogen and oxygen atoms in total. The van der Waals surface area contributed by atoms with E-state index in [4.69, 9.17) is 0 Å². The second kappa shape index (κ2) is 5.93. The van der Waals surface area contributed by atoms with E-state index in [0.717, 1.165) is 30.2 Å². The highest BCUT2D eigenvalue weighted by Gasteiger charge is 2.14. The van der Waals surface area contributed by atoms with Crippen molar-refractivity contribution in [2.45, 2.75) is 26.3 Å². The van der Waals surface area contributed by atoms with Gasteiger partial charge in [0.05, 0.1) is 6.20 Å². The van der Waals surface area contributed by atoms with Crippen LogP contribution >= 0.6 is 0 Å². The Kier molecular flexibility index (Phi) is 4.27. The molecule has 2 rings (SSSR count). The maximum absolute atomic E-state index is 13.8. The minimum Gasteiger partial charge on any atom is -0.316 e. The number of benzene rings is 1. The average molecular weight is 265 g/mol. The fourth-order valence-electron chi connectivity index (χ4n) is 2.11. The van der Waals surface area contributed by atoms with Gasteiger partial charge in [-0.25, -0.2) is 13.5 Å². The van der Waals surface area contributed by atoms with Crippen LogP contribution in [-0.2, 0) is 13.0 Å². The summed E-state index contributed by atoms with van der Waals surface area (Å²) < 4.78 is 28.4. The highest BCUT2D eigenvalue weighted by molar-refractivity contribution is 5.37. The smallest absolute Gasteiger partial charge is 0.151 e. The molecule has 19 heavy (non-hydrogen) atoms. The molecule has 0 saturated carbocycles. The molecule has 0 saturated heterocycles. The van der Waals surface area contributed by atoms with E-state index in [1.54, 1.807) is 10.9 Å². The third-order valence-corrected chi connectivity index (χ3v) is 2.95. The quantitative estimate of drug-likeness (QED) is 0.901. The fourth-order valence-corrected chi connectivity index (χ4v) is 2.11. The van der Waals surface area contributed by atoms with Gasteiger partial charge in [-0.3, -0.25) is 0 Å². The summed E-state index contributed by atoms with van der Waals surface area (Å²) in [7, 11) is 1.85. The van der Waals surface area contributed by atoms with Crippen molar-refractivity contribution in [3.63, 3.8) is 0 Å². The molecule has 1 aromatic carbocycles. The normalized spacial score (nSPS) is 10.9. The van der Waals surface area contributed by atoms with Gasteiger partial charge in [-0.2, -0.15) is 5.10 Å². The molecule has 0 aliphatic rings. The van der Waals surface area contributed by atoms with Crippen LogP contribution in [0.2, 0.25) is 0 Å². The van der Waals surface area contributed by atoms with E-state index in [9.17, 15) is 8.78 Å². The lowest BCUT2D eigenvalue weighted by atomic mass is 10.1. The van der Waals surface area contributed by atoms with Gasteiger partial charge in [-0.15, -0.1) is 0 Å². The molecular weight excluding hydrogens is 248 g/mol. The largest absolute Gasteiger partial charge is 0.316 e. The van der Waals surface area contributed by atoms with Gasteiger partial charge in [0, 0.05) is 23.9 Å². The van der Waals surface area contributed by atoms with Crippen LogP contribution in [0.25, 0.3) is 5.69 Å². The maximum atomic E-state index is 13.8. The van der Waals surface area contributed by atoms with Crippen LogP contribution < -0.4 is 5.32 Å². The summed E-state index contributed by atoms with van der Waals surface area (Å²) in [5.41, 5.74) is 2.28. The summed E-state index contributed by atoms with van der Waals surface area (Å²) in [5.74, 6) is -1.18. The van der Waals surface area contributed by atoms with Crippen molar-refractivity contribution in [2.24, 2.45) is 0 Å². The van der Waals surface area contributed by atoms with Crippen LogP contribution in [0.15, 0.2) is 24.4 Å². The number of nitrogens with one attached hydrogen (secondary N) is 1. The zero-order valence-corrected chi connectivity index (χ0v) is 11.1. The summed E-state index contributed by atoms with van der Waals surface area (Å²) >= 11 is 0. The average Bonchev–Trinajstić information content (AvgIpc) is 2.74. The number of aromatic nitrogens is 2. The van der Waals surface area contributed by atoms with Gasteiger partial charge < -0.3 is 5.32 Å². The molecule has 0 aliphatic heterocycles. The topological polar surface area (TPSA) is 29.9 Å². The van der Waals surface area contributed by atoms with E-state index in [1.165, 1.54) is 12.1 Å². The lowest BCUT2D eigenvalue weighted by Gasteiger charge is -2.10. The molecule has 1 aromatic heterocycles. The van der Waals surface area contributed by atoms with Crippen LogP contribution in [0.5, 0.6) is 0 Å². The first kappa shape index (κ1) is 13.7. The Balaban J connectivity index is 2.48. The predicted molar refractivity (Wildman–Crippen MR) is 70.2 cm³/mol. The first-order valence-electron chi connectivity index (χ1n) is 6.33. The van der Waals surface area contributed by atoms with Crippen LogP contribution in [0.1, 0.15) is 24.6 Å². The van der Waals surface area contributed by atoms with Crippen molar-refractivity contribution in [1.82, 2.24) is 15.1 Å². The number of rotatable bonds is 5. The van der Waals surface area contributed by atoms with Crippen LogP contribution in [-0.4, -0.2) is 16.8 Å². The van der Waals surface area contributed by atoms with E-state index >= 15 is 0 Å². The summed E-state index contributed by atoms with van der Waals surface area (Å²) in [6.07, 6.45) is 3.46. The van der Waals surface area contributed by atoms with Crippen molar-refractivity contribution in [3.8, 4) is 5.69 Å². The van der Waals surface area contributed by atoms with E-state index in [0.29, 0.717) is 6.54 Å². The lowest BCUT2D eigenvalue weighted by Crippen LogP contribution is -2.10. The second-order valence-electron chi connectivity index (χ2n) is 4.40. The number of halogens is 2. The second-order valence-corrected chi connectivity index (χ2v) is 4.40. The molecule has 0 fully saturated rings. The SMILES string of the molecule is CCCc1c(CNC)cnn1-c1ccc(F)cc1F. The molecule has 0 atom stereocenters. The lowest BCUT2D eigenvalue weighted by molar-refractivity contribution is 0.570. The highest BCUT2D eigenvalue weighted by Crippen LogP contribution is 2.20. The summed E-state index contributed by atoms with van der Waals surface area (Å²) in [5, 5.41) is 7.29.